The van der Waals surface area contributed by atoms with Crippen LogP contribution in [-0.4, -0.2) is 0 Å². The molecule has 0 fully saturated rings. The first-order chi connectivity index (χ1) is 8.99. The molecule has 2 aromatic rings. The van der Waals surface area contributed by atoms with Gasteiger partial charge in [0, 0.05) is 27.3 Å². The lowest BCUT2D eigenvalue weighted by atomic mass is 10.1. The molecular weight excluding hydrogens is 388 g/mol. The largest absolute Gasteiger partial charge is 0.305 e. The molecule has 1 aromatic carbocycles. The Labute approximate surface area is 140 Å². The molecule has 0 radical (unpaired) electrons. The molecule has 0 aliphatic carbocycles. The van der Waals surface area contributed by atoms with Gasteiger partial charge in [0.05, 0.1) is 15.1 Å². The third kappa shape index (κ3) is 3.87. The van der Waals surface area contributed by atoms with Gasteiger partial charge in [-0.2, -0.15) is 0 Å². The summed E-state index contributed by atoms with van der Waals surface area (Å²) in [5.74, 6) is 0. The summed E-state index contributed by atoms with van der Waals surface area (Å²) >= 11 is 23.3. The van der Waals surface area contributed by atoms with Gasteiger partial charge in [0.25, 0.3) is 0 Å². The van der Waals surface area contributed by atoms with Gasteiger partial charge in [-0.15, -0.1) is 11.3 Å². The minimum atomic E-state index is 0.100. The topological polar surface area (TPSA) is 12.0 Å². The Morgan fingerprint density at radius 2 is 2.00 bits per heavy atom. The first-order valence-electron chi connectivity index (χ1n) is 5.58. The maximum Gasteiger partial charge on any atom is 0.0781 e. The van der Waals surface area contributed by atoms with Gasteiger partial charge in [-0.05, 0) is 40.5 Å². The monoisotopic (exact) mass is 397 g/mol. The second-order valence-corrected chi connectivity index (χ2v) is 7.17. The molecule has 1 aromatic heterocycles. The fourth-order valence-electron chi connectivity index (χ4n) is 1.69. The van der Waals surface area contributed by atoms with Crippen molar-refractivity contribution >= 4 is 62.1 Å². The van der Waals surface area contributed by atoms with Crippen LogP contribution < -0.4 is 5.32 Å². The number of rotatable bonds is 4. The average molecular weight is 400 g/mol. The van der Waals surface area contributed by atoms with Gasteiger partial charge in [0.2, 0.25) is 0 Å². The predicted octanol–water partition coefficient (Wildman–Crippen LogP) is 6.32. The number of hydrogen-bond acceptors (Lipinski definition) is 2. The van der Waals surface area contributed by atoms with Crippen LogP contribution in [0.2, 0.25) is 15.1 Å². The second-order valence-electron chi connectivity index (χ2n) is 4.10. The van der Waals surface area contributed by atoms with Crippen LogP contribution in [0.5, 0.6) is 0 Å². The Bertz CT molecular complexity index is 585. The zero-order valence-electron chi connectivity index (χ0n) is 10.0. The van der Waals surface area contributed by atoms with Crippen molar-refractivity contribution in [2.24, 2.45) is 0 Å². The molecule has 0 amide bonds. The van der Waals surface area contributed by atoms with Gasteiger partial charge in [0.1, 0.15) is 0 Å². The molecule has 0 aliphatic heterocycles. The molecule has 0 aliphatic rings. The molecule has 1 nitrogen and oxygen atoms in total. The molecular formula is C13H11BrCl3NS. The normalized spacial score (nSPS) is 12.7. The fourth-order valence-corrected chi connectivity index (χ4v) is 3.79. The van der Waals surface area contributed by atoms with Gasteiger partial charge in [-0.3, -0.25) is 0 Å². The van der Waals surface area contributed by atoms with Crippen LogP contribution in [0.4, 0.5) is 0 Å². The van der Waals surface area contributed by atoms with E-state index < -0.39 is 0 Å². The standard InChI is InChI=1S/C13H11BrCl3NS/c1-7(18-5-9-4-8(14)6-19-9)10-2-3-11(15)13(17)12(10)16/h2-4,6-7,18H,5H2,1H3. The molecule has 1 atom stereocenters. The summed E-state index contributed by atoms with van der Waals surface area (Å²) in [6, 6.07) is 5.87. The Kier molecular flexibility index (Phi) is 5.58. The summed E-state index contributed by atoms with van der Waals surface area (Å²) in [5, 5.41) is 6.89. The van der Waals surface area contributed by atoms with Crippen LogP contribution in [0.3, 0.4) is 0 Å². The Morgan fingerprint density at radius 1 is 1.26 bits per heavy atom. The lowest BCUT2D eigenvalue weighted by Crippen LogP contribution is -2.17. The van der Waals surface area contributed by atoms with E-state index in [1.54, 1.807) is 17.4 Å². The first-order valence-corrected chi connectivity index (χ1v) is 8.39. The van der Waals surface area contributed by atoms with Crippen LogP contribution in [0.15, 0.2) is 28.1 Å². The van der Waals surface area contributed by atoms with Crippen molar-refractivity contribution < 1.29 is 0 Å². The van der Waals surface area contributed by atoms with Crippen molar-refractivity contribution in [2.75, 3.05) is 0 Å². The molecule has 102 valence electrons. The van der Waals surface area contributed by atoms with E-state index in [0.29, 0.717) is 15.1 Å². The number of halogens is 4. The van der Waals surface area contributed by atoms with Gasteiger partial charge >= 0.3 is 0 Å². The van der Waals surface area contributed by atoms with E-state index in [1.807, 2.05) is 13.0 Å². The van der Waals surface area contributed by atoms with E-state index in [-0.39, 0.29) is 6.04 Å². The van der Waals surface area contributed by atoms with Crippen molar-refractivity contribution in [2.45, 2.75) is 19.5 Å². The van der Waals surface area contributed by atoms with E-state index >= 15 is 0 Å². The fraction of sp³-hybridized carbons (Fsp3) is 0.231. The van der Waals surface area contributed by atoms with E-state index in [1.165, 1.54) is 4.88 Å². The van der Waals surface area contributed by atoms with E-state index in [2.05, 4.69) is 32.7 Å². The minimum absolute atomic E-state index is 0.100. The van der Waals surface area contributed by atoms with Crippen LogP contribution >= 0.6 is 62.1 Å². The van der Waals surface area contributed by atoms with Crippen molar-refractivity contribution in [3.8, 4) is 0 Å². The maximum atomic E-state index is 6.22. The van der Waals surface area contributed by atoms with Crippen molar-refractivity contribution in [1.29, 1.82) is 0 Å². The Hall–Kier alpha value is 0.230. The molecule has 1 heterocycles. The highest BCUT2D eigenvalue weighted by Crippen LogP contribution is 2.35. The highest BCUT2D eigenvalue weighted by atomic mass is 79.9. The van der Waals surface area contributed by atoms with E-state index in [9.17, 15) is 0 Å². The van der Waals surface area contributed by atoms with Crippen molar-refractivity contribution in [3.63, 3.8) is 0 Å². The van der Waals surface area contributed by atoms with E-state index in [0.717, 1.165) is 16.6 Å². The molecule has 1 N–H and O–H groups in total. The Morgan fingerprint density at radius 3 is 2.63 bits per heavy atom. The second kappa shape index (κ2) is 6.79. The third-order valence-electron chi connectivity index (χ3n) is 2.74. The van der Waals surface area contributed by atoms with Crippen molar-refractivity contribution in [3.05, 3.63) is 53.6 Å². The first kappa shape index (κ1) is 15.6. The molecule has 0 bridgehead atoms. The summed E-state index contributed by atoms with van der Waals surface area (Å²) in [4.78, 5) is 1.26. The lowest BCUT2D eigenvalue weighted by Gasteiger charge is -2.16. The zero-order valence-corrected chi connectivity index (χ0v) is 14.7. The summed E-state index contributed by atoms with van der Waals surface area (Å²) in [7, 11) is 0. The van der Waals surface area contributed by atoms with Crippen LogP contribution in [0, 0.1) is 0 Å². The summed E-state index contributed by atoms with van der Waals surface area (Å²) in [5.41, 5.74) is 0.951. The summed E-state index contributed by atoms with van der Waals surface area (Å²) < 4.78 is 1.11. The van der Waals surface area contributed by atoms with Gasteiger partial charge < -0.3 is 5.32 Å². The maximum absolute atomic E-state index is 6.22. The SMILES string of the molecule is CC(NCc1cc(Br)cs1)c1ccc(Cl)c(Cl)c1Cl. The molecule has 0 spiro atoms. The highest BCUT2D eigenvalue weighted by Gasteiger charge is 2.14. The number of nitrogens with one attached hydrogen (secondary N) is 1. The predicted molar refractivity (Wildman–Crippen MR) is 88.7 cm³/mol. The number of thiophene rings is 1. The van der Waals surface area contributed by atoms with E-state index in [4.69, 9.17) is 34.8 Å². The number of benzene rings is 1. The van der Waals surface area contributed by atoms with Gasteiger partial charge in [-0.25, -0.2) is 0 Å². The quantitative estimate of drug-likeness (QED) is 0.593. The zero-order chi connectivity index (χ0) is 14.0. The smallest absolute Gasteiger partial charge is 0.0781 e. The van der Waals surface area contributed by atoms with Crippen LogP contribution in [0.25, 0.3) is 0 Å². The minimum Gasteiger partial charge on any atom is -0.305 e. The molecule has 1 unspecified atom stereocenters. The molecule has 19 heavy (non-hydrogen) atoms. The lowest BCUT2D eigenvalue weighted by molar-refractivity contribution is 0.579. The molecule has 6 heteroatoms. The average Bonchev–Trinajstić information content (AvgIpc) is 2.79. The molecule has 0 saturated heterocycles. The summed E-state index contributed by atoms with van der Waals surface area (Å²) in [6.45, 7) is 2.84. The van der Waals surface area contributed by atoms with Gasteiger partial charge in [0.15, 0.2) is 0 Å². The third-order valence-corrected chi connectivity index (χ3v) is 5.74. The summed E-state index contributed by atoms with van der Waals surface area (Å²) in [6.07, 6.45) is 0. The number of hydrogen-bond donors (Lipinski definition) is 1. The van der Waals surface area contributed by atoms with Crippen LogP contribution in [0.1, 0.15) is 23.4 Å². The Balaban J connectivity index is 2.08. The van der Waals surface area contributed by atoms with Gasteiger partial charge in [-0.1, -0.05) is 40.9 Å². The molecule has 2 rings (SSSR count). The highest BCUT2D eigenvalue weighted by molar-refractivity contribution is 9.10. The van der Waals surface area contributed by atoms with Crippen LogP contribution in [-0.2, 0) is 6.54 Å². The van der Waals surface area contributed by atoms with Crippen molar-refractivity contribution in [1.82, 2.24) is 5.32 Å². The molecule has 0 saturated carbocycles.